The Bertz CT molecular complexity index is 209. The average molecular weight is 197 g/mol. The van der Waals surface area contributed by atoms with E-state index in [0.717, 1.165) is 0 Å². The Morgan fingerprint density at radius 3 is 2.21 bits per heavy atom. The number of guanidine groups is 1. The highest BCUT2D eigenvalue weighted by Gasteiger charge is 2.21. The van der Waals surface area contributed by atoms with Crippen LogP contribution in [0.25, 0.3) is 0 Å². The van der Waals surface area contributed by atoms with E-state index in [4.69, 9.17) is 5.73 Å². The molecule has 0 amide bonds. The fraction of sp³-hybridized carbons (Fsp3) is 0.909. The van der Waals surface area contributed by atoms with Crippen molar-refractivity contribution < 1.29 is 0 Å². The summed E-state index contributed by atoms with van der Waals surface area (Å²) in [6.07, 6.45) is 5.03. The molecule has 14 heavy (non-hydrogen) atoms. The molecular formula is C11H23N3. The van der Waals surface area contributed by atoms with Crippen LogP contribution in [0, 0.1) is 0 Å². The van der Waals surface area contributed by atoms with E-state index < -0.39 is 0 Å². The van der Waals surface area contributed by atoms with E-state index in [2.05, 4.69) is 25.8 Å². The second-order valence-corrected chi connectivity index (χ2v) is 5.16. The molecule has 1 aliphatic carbocycles. The predicted octanol–water partition coefficient (Wildman–Crippen LogP) is 1.97. The van der Waals surface area contributed by atoms with Gasteiger partial charge in [-0.25, -0.2) is 4.99 Å². The van der Waals surface area contributed by atoms with Gasteiger partial charge in [0.2, 0.25) is 0 Å². The maximum atomic E-state index is 5.96. The van der Waals surface area contributed by atoms with E-state index in [1.165, 1.54) is 25.7 Å². The molecule has 1 rings (SSSR count). The zero-order chi connectivity index (χ0) is 10.8. The molecule has 0 aromatic heterocycles. The molecule has 0 radical (unpaired) electrons. The smallest absolute Gasteiger partial charge is 0.191 e. The summed E-state index contributed by atoms with van der Waals surface area (Å²) in [5.74, 6) is 0.685. The zero-order valence-corrected chi connectivity index (χ0v) is 9.88. The molecule has 0 bridgehead atoms. The number of nitrogens with two attached hydrogens (primary N) is 1. The lowest BCUT2D eigenvalue weighted by atomic mass is 10.1. The Balaban J connectivity index is 2.58. The van der Waals surface area contributed by atoms with Crippen molar-refractivity contribution in [3.05, 3.63) is 0 Å². The first-order valence-corrected chi connectivity index (χ1v) is 5.48. The van der Waals surface area contributed by atoms with Crippen molar-refractivity contribution in [2.24, 2.45) is 10.7 Å². The quantitative estimate of drug-likeness (QED) is 0.516. The molecule has 0 aliphatic heterocycles. The van der Waals surface area contributed by atoms with Gasteiger partial charge in [-0.15, -0.1) is 0 Å². The first-order valence-electron chi connectivity index (χ1n) is 5.48. The number of hydrogen-bond acceptors (Lipinski definition) is 1. The van der Waals surface area contributed by atoms with E-state index >= 15 is 0 Å². The lowest BCUT2D eigenvalue weighted by Gasteiger charge is -2.33. The summed E-state index contributed by atoms with van der Waals surface area (Å²) in [5, 5.41) is 0. The lowest BCUT2D eigenvalue weighted by Crippen LogP contribution is -2.47. The van der Waals surface area contributed by atoms with E-state index in [-0.39, 0.29) is 5.54 Å². The maximum absolute atomic E-state index is 5.96. The first-order chi connectivity index (χ1) is 6.41. The van der Waals surface area contributed by atoms with Crippen LogP contribution in [0.15, 0.2) is 4.99 Å². The average Bonchev–Trinajstić information content (AvgIpc) is 2.53. The summed E-state index contributed by atoms with van der Waals surface area (Å²) in [4.78, 5) is 6.61. The molecular weight excluding hydrogens is 174 g/mol. The molecule has 82 valence electrons. The van der Waals surface area contributed by atoms with Gasteiger partial charge < -0.3 is 10.6 Å². The minimum atomic E-state index is 0.0617. The van der Waals surface area contributed by atoms with Crippen LogP contribution in [0.3, 0.4) is 0 Å². The third-order valence-corrected chi connectivity index (χ3v) is 2.99. The van der Waals surface area contributed by atoms with Gasteiger partial charge >= 0.3 is 0 Å². The van der Waals surface area contributed by atoms with Crippen molar-refractivity contribution in [1.29, 1.82) is 0 Å². The van der Waals surface area contributed by atoms with E-state index in [1.54, 1.807) is 0 Å². The van der Waals surface area contributed by atoms with Gasteiger partial charge in [-0.1, -0.05) is 12.8 Å². The monoisotopic (exact) mass is 197 g/mol. The van der Waals surface area contributed by atoms with Crippen LogP contribution in [-0.2, 0) is 0 Å². The lowest BCUT2D eigenvalue weighted by molar-refractivity contribution is 0.277. The minimum absolute atomic E-state index is 0.0617. The van der Waals surface area contributed by atoms with Crippen LogP contribution in [0.5, 0.6) is 0 Å². The van der Waals surface area contributed by atoms with Crippen LogP contribution in [-0.4, -0.2) is 29.5 Å². The first kappa shape index (κ1) is 11.3. The molecule has 0 aromatic rings. The summed E-state index contributed by atoms with van der Waals surface area (Å²) in [6.45, 7) is 6.43. The van der Waals surface area contributed by atoms with E-state index in [1.807, 2.05) is 11.9 Å². The fourth-order valence-corrected chi connectivity index (χ4v) is 1.65. The molecule has 0 spiro atoms. The molecule has 0 saturated heterocycles. The van der Waals surface area contributed by atoms with Gasteiger partial charge in [0, 0.05) is 12.6 Å². The highest BCUT2D eigenvalue weighted by molar-refractivity contribution is 5.78. The van der Waals surface area contributed by atoms with E-state index in [0.29, 0.717) is 12.0 Å². The Morgan fingerprint density at radius 1 is 1.29 bits per heavy atom. The van der Waals surface area contributed by atoms with Crippen molar-refractivity contribution >= 4 is 5.96 Å². The third-order valence-electron chi connectivity index (χ3n) is 2.99. The topological polar surface area (TPSA) is 41.6 Å². The molecule has 0 aromatic carbocycles. The molecule has 0 heterocycles. The van der Waals surface area contributed by atoms with E-state index in [9.17, 15) is 0 Å². The van der Waals surface area contributed by atoms with Gasteiger partial charge in [0.25, 0.3) is 0 Å². The summed E-state index contributed by atoms with van der Waals surface area (Å²) in [6, 6.07) is 0.472. The Labute approximate surface area is 87.4 Å². The van der Waals surface area contributed by atoms with Crippen molar-refractivity contribution in [2.75, 3.05) is 7.05 Å². The Kier molecular flexibility index (Phi) is 3.40. The van der Waals surface area contributed by atoms with Crippen molar-refractivity contribution in [1.82, 2.24) is 4.90 Å². The standard InChI is InChI=1S/C11H23N3/c1-11(2,3)14(4)10(12)13-9-7-5-6-8-9/h9H,5-8H2,1-4H3,(H2,12,13). The molecule has 3 heteroatoms. The predicted molar refractivity (Wildman–Crippen MR) is 61.4 cm³/mol. The van der Waals surface area contributed by atoms with Crippen LogP contribution in [0.4, 0.5) is 0 Å². The maximum Gasteiger partial charge on any atom is 0.191 e. The van der Waals surface area contributed by atoms with Crippen LogP contribution in [0.1, 0.15) is 46.5 Å². The number of aliphatic imine (C=N–C) groups is 1. The molecule has 1 fully saturated rings. The zero-order valence-electron chi connectivity index (χ0n) is 9.88. The van der Waals surface area contributed by atoms with Crippen LogP contribution >= 0.6 is 0 Å². The molecule has 0 atom stereocenters. The molecule has 1 saturated carbocycles. The van der Waals surface area contributed by atoms with Gasteiger partial charge in [-0.2, -0.15) is 0 Å². The van der Waals surface area contributed by atoms with Gasteiger partial charge in [0.1, 0.15) is 0 Å². The van der Waals surface area contributed by atoms with Gasteiger partial charge in [0.05, 0.1) is 6.04 Å². The molecule has 3 nitrogen and oxygen atoms in total. The minimum Gasteiger partial charge on any atom is -0.370 e. The number of rotatable bonds is 1. The largest absolute Gasteiger partial charge is 0.370 e. The SMILES string of the molecule is CN(C(N)=NC1CCCC1)C(C)(C)C. The second-order valence-electron chi connectivity index (χ2n) is 5.16. The summed E-state index contributed by atoms with van der Waals surface area (Å²) >= 11 is 0. The summed E-state index contributed by atoms with van der Waals surface area (Å²) < 4.78 is 0. The van der Waals surface area contributed by atoms with Crippen molar-refractivity contribution in [3.63, 3.8) is 0 Å². The molecule has 1 aliphatic rings. The number of hydrogen-bond donors (Lipinski definition) is 1. The summed E-state index contributed by atoms with van der Waals surface area (Å²) in [5.41, 5.74) is 6.02. The van der Waals surface area contributed by atoms with Gasteiger partial charge in [-0.05, 0) is 33.6 Å². The Hall–Kier alpha value is -0.730. The molecule has 2 N–H and O–H groups in total. The normalized spacial score (nSPS) is 20.1. The highest BCUT2D eigenvalue weighted by atomic mass is 15.3. The van der Waals surface area contributed by atoms with Gasteiger partial charge in [-0.3, -0.25) is 0 Å². The fourth-order valence-electron chi connectivity index (χ4n) is 1.65. The van der Waals surface area contributed by atoms with Crippen LogP contribution < -0.4 is 5.73 Å². The number of nitrogens with zero attached hydrogens (tertiary/aromatic N) is 2. The van der Waals surface area contributed by atoms with Crippen LogP contribution in [0.2, 0.25) is 0 Å². The van der Waals surface area contributed by atoms with Crippen molar-refractivity contribution in [2.45, 2.75) is 58.0 Å². The summed E-state index contributed by atoms with van der Waals surface area (Å²) in [7, 11) is 2.01. The Morgan fingerprint density at radius 2 is 1.79 bits per heavy atom. The van der Waals surface area contributed by atoms with Crippen molar-refractivity contribution in [3.8, 4) is 0 Å². The third kappa shape index (κ3) is 2.89. The molecule has 0 unspecified atom stereocenters. The highest BCUT2D eigenvalue weighted by Crippen LogP contribution is 2.21. The second kappa shape index (κ2) is 4.20. The van der Waals surface area contributed by atoms with Gasteiger partial charge in [0.15, 0.2) is 5.96 Å².